The first-order valence-corrected chi connectivity index (χ1v) is 9.97. The molecule has 0 amide bonds. The molecule has 1 nitrogen and oxygen atoms in total. The van der Waals surface area contributed by atoms with Crippen LogP contribution in [0.5, 0.6) is 11.5 Å². The molecule has 0 bridgehead atoms. The molecular weight excluding hydrogens is 352 g/mol. The second-order valence-corrected chi connectivity index (χ2v) is 7.26. The van der Waals surface area contributed by atoms with Gasteiger partial charge in [0.2, 0.25) is 0 Å². The van der Waals surface area contributed by atoms with Gasteiger partial charge in [0, 0.05) is 0 Å². The molecule has 0 aliphatic rings. The van der Waals surface area contributed by atoms with Crippen molar-refractivity contribution in [3.63, 3.8) is 0 Å². The van der Waals surface area contributed by atoms with Crippen LogP contribution in [0.1, 0.15) is 22.3 Å². The Hall–Kier alpha value is -3.32. The van der Waals surface area contributed by atoms with Gasteiger partial charge in [-0.1, -0.05) is 84.9 Å². The summed E-state index contributed by atoms with van der Waals surface area (Å²) < 4.78 is 5.84. The first kappa shape index (κ1) is 20.4. The summed E-state index contributed by atoms with van der Waals surface area (Å²) in [6.07, 6.45) is 0. The minimum Gasteiger partial charge on any atom is -0.457 e. The monoisotopic (exact) mass is 380 g/mol. The quantitative estimate of drug-likeness (QED) is 0.349. The van der Waals surface area contributed by atoms with Gasteiger partial charge < -0.3 is 4.74 Å². The molecule has 0 heterocycles. The molecule has 4 aromatic rings. The van der Waals surface area contributed by atoms with Crippen molar-refractivity contribution in [1.82, 2.24) is 0 Å². The predicted octanol–water partition coefficient (Wildman–Crippen LogP) is 8.07. The fraction of sp³-hybridized carbons (Fsp3) is 0.143. The molecule has 0 aliphatic heterocycles. The zero-order valence-corrected chi connectivity index (χ0v) is 17.6. The van der Waals surface area contributed by atoms with Gasteiger partial charge in [0.25, 0.3) is 0 Å². The maximum atomic E-state index is 5.84. The van der Waals surface area contributed by atoms with Crippen molar-refractivity contribution in [3.05, 3.63) is 119 Å². The van der Waals surface area contributed by atoms with Crippen LogP contribution in [0.2, 0.25) is 0 Å². The van der Waals surface area contributed by atoms with E-state index in [9.17, 15) is 0 Å². The van der Waals surface area contributed by atoms with Crippen LogP contribution in [-0.4, -0.2) is 0 Å². The zero-order valence-electron chi connectivity index (χ0n) is 17.6. The number of rotatable bonds is 3. The largest absolute Gasteiger partial charge is 0.457 e. The summed E-state index contributed by atoms with van der Waals surface area (Å²) in [6, 6.07) is 33.1. The van der Waals surface area contributed by atoms with E-state index in [0.717, 1.165) is 22.6 Å². The summed E-state index contributed by atoms with van der Waals surface area (Å²) >= 11 is 0. The van der Waals surface area contributed by atoms with E-state index in [2.05, 4.69) is 62.4 Å². The molecule has 4 aromatic carbocycles. The summed E-state index contributed by atoms with van der Waals surface area (Å²) in [5, 5.41) is 0. The molecule has 0 spiro atoms. The highest BCUT2D eigenvalue weighted by Crippen LogP contribution is 2.27. The van der Waals surface area contributed by atoms with E-state index in [-0.39, 0.29) is 0 Å². The van der Waals surface area contributed by atoms with Gasteiger partial charge in [-0.15, -0.1) is 0 Å². The van der Waals surface area contributed by atoms with E-state index in [1.54, 1.807) is 0 Å². The van der Waals surface area contributed by atoms with Gasteiger partial charge in [-0.25, -0.2) is 0 Å². The molecule has 0 radical (unpaired) electrons. The van der Waals surface area contributed by atoms with Crippen LogP contribution in [-0.2, 0) is 0 Å². The smallest absolute Gasteiger partial charge is 0.130 e. The predicted molar refractivity (Wildman–Crippen MR) is 124 cm³/mol. The molecular formula is C28H28O. The first-order valence-electron chi connectivity index (χ1n) is 9.97. The van der Waals surface area contributed by atoms with Crippen LogP contribution in [0.4, 0.5) is 0 Å². The highest BCUT2D eigenvalue weighted by molar-refractivity contribution is 5.70. The van der Waals surface area contributed by atoms with Crippen molar-refractivity contribution in [2.24, 2.45) is 0 Å². The average molecular weight is 381 g/mol. The lowest BCUT2D eigenvalue weighted by Crippen LogP contribution is -1.88. The normalized spacial score (nSPS) is 10.1. The highest BCUT2D eigenvalue weighted by atomic mass is 16.5. The minimum atomic E-state index is 0.923. The van der Waals surface area contributed by atoms with E-state index >= 15 is 0 Å². The van der Waals surface area contributed by atoms with Crippen molar-refractivity contribution in [2.45, 2.75) is 27.7 Å². The average Bonchev–Trinajstić information content (AvgIpc) is 2.73. The second-order valence-electron chi connectivity index (χ2n) is 7.26. The van der Waals surface area contributed by atoms with E-state index in [0.29, 0.717) is 0 Å². The topological polar surface area (TPSA) is 9.23 Å². The van der Waals surface area contributed by atoms with Crippen molar-refractivity contribution < 1.29 is 4.74 Å². The van der Waals surface area contributed by atoms with Crippen LogP contribution in [0.15, 0.2) is 97.1 Å². The third-order valence-corrected chi connectivity index (χ3v) is 4.99. The number of ether oxygens (including phenoxy) is 1. The maximum absolute atomic E-state index is 5.84. The molecule has 0 atom stereocenters. The van der Waals surface area contributed by atoms with E-state index in [1.807, 2.05) is 62.4 Å². The SMILES string of the molecule is Cc1ccccc1-c1ccccc1C.Cc1ccccc1Oc1ccccc1C. The van der Waals surface area contributed by atoms with Crippen molar-refractivity contribution in [3.8, 4) is 22.6 Å². The molecule has 4 rings (SSSR count). The summed E-state index contributed by atoms with van der Waals surface area (Å²) in [5.41, 5.74) is 7.65. The molecule has 0 unspecified atom stereocenters. The summed E-state index contributed by atoms with van der Waals surface area (Å²) in [7, 11) is 0. The van der Waals surface area contributed by atoms with Gasteiger partial charge in [0.05, 0.1) is 0 Å². The third-order valence-electron chi connectivity index (χ3n) is 4.99. The lowest BCUT2D eigenvalue weighted by atomic mass is 9.97. The number of hydrogen-bond acceptors (Lipinski definition) is 1. The van der Waals surface area contributed by atoms with Crippen LogP contribution in [0.25, 0.3) is 11.1 Å². The zero-order chi connectivity index (χ0) is 20.6. The molecule has 0 N–H and O–H groups in total. The van der Waals surface area contributed by atoms with E-state index in [4.69, 9.17) is 4.74 Å². The Morgan fingerprint density at radius 2 is 0.690 bits per heavy atom. The van der Waals surface area contributed by atoms with Crippen LogP contribution < -0.4 is 4.74 Å². The Kier molecular flexibility index (Phi) is 6.86. The lowest BCUT2D eigenvalue weighted by molar-refractivity contribution is 0.475. The molecule has 0 saturated carbocycles. The Balaban J connectivity index is 0.000000166. The molecule has 0 fully saturated rings. The van der Waals surface area contributed by atoms with Crippen molar-refractivity contribution >= 4 is 0 Å². The summed E-state index contributed by atoms with van der Waals surface area (Å²) in [4.78, 5) is 0. The van der Waals surface area contributed by atoms with E-state index in [1.165, 1.54) is 22.3 Å². The Bertz CT molecular complexity index is 992. The van der Waals surface area contributed by atoms with Crippen molar-refractivity contribution in [2.75, 3.05) is 0 Å². The lowest BCUT2D eigenvalue weighted by Gasteiger charge is -2.10. The Morgan fingerprint density at radius 3 is 1.03 bits per heavy atom. The Morgan fingerprint density at radius 1 is 0.379 bits per heavy atom. The molecule has 0 aromatic heterocycles. The van der Waals surface area contributed by atoms with Crippen LogP contribution >= 0.6 is 0 Å². The second kappa shape index (κ2) is 9.75. The molecule has 146 valence electrons. The van der Waals surface area contributed by atoms with E-state index < -0.39 is 0 Å². The fourth-order valence-corrected chi connectivity index (χ4v) is 3.21. The van der Waals surface area contributed by atoms with Gasteiger partial charge in [0.1, 0.15) is 11.5 Å². The summed E-state index contributed by atoms with van der Waals surface area (Å²) in [5.74, 6) is 1.85. The molecule has 0 aliphatic carbocycles. The van der Waals surface area contributed by atoms with Crippen LogP contribution in [0.3, 0.4) is 0 Å². The Labute approximate surface area is 174 Å². The first-order chi connectivity index (χ1) is 14.1. The molecule has 1 heteroatoms. The summed E-state index contributed by atoms with van der Waals surface area (Å²) in [6.45, 7) is 8.41. The standard InChI is InChI=1S/C14H14O.C14H14/c1-11-7-3-5-9-13(11)15-14-10-6-4-8-12(14)2;1-11-7-3-5-9-13(11)14-10-6-4-8-12(14)2/h3-10H,1-2H3;3-10H,1-2H3. The number of aryl methyl sites for hydroxylation is 4. The van der Waals surface area contributed by atoms with Gasteiger partial charge in [-0.05, 0) is 73.2 Å². The number of hydrogen-bond donors (Lipinski definition) is 0. The third kappa shape index (κ3) is 5.36. The van der Waals surface area contributed by atoms with Gasteiger partial charge in [-0.3, -0.25) is 0 Å². The molecule has 0 saturated heterocycles. The fourth-order valence-electron chi connectivity index (χ4n) is 3.21. The van der Waals surface area contributed by atoms with Crippen molar-refractivity contribution in [1.29, 1.82) is 0 Å². The molecule has 29 heavy (non-hydrogen) atoms. The maximum Gasteiger partial charge on any atom is 0.130 e. The van der Waals surface area contributed by atoms with Crippen LogP contribution in [0, 0.1) is 27.7 Å². The van der Waals surface area contributed by atoms with Gasteiger partial charge in [0.15, 0.2) is 0 Å². The van der Waals surface area contributed by atoms with Gasteiger partial charge in [-0.2, -0.15) is 0 Å². The minimum absolute atomic E-state index is 0.923. The number of benzene rings is 4. The number of para-hydroxylation sites is 2. The highest BCUT2D eigenvalue weighted by Gasteiger charge is 2.03. The van der Waals surface area contributed by atoms with Gasteiger partial charge >= 0.3 is 0 Å².